The van der Waals surface area contributed by atoms with E-state index < -0.39 is 17.0 Å². The number of carboxylic acids is 1. The van der Waals surface area contributed by atoms with Crippen molar-refractivity contribution in [3.8, 4) is 0 Å². The summed E-state index contributed by atoms with van der Waals surface area (Å²) in [6.45, 7) is 6.60. The van der Waals surface area contributed by atoms with Crippen LogP contribution in [-0.2, 0) is 4.79 Å². The topological polar surface area (TPSA) is 69.6 Å². The first kappa shape index (κ1) is 12.5. The Labute approximate surface area is 90.7 Å². The molecule has 0 amide bonds. The fourth-order valence-electron chi connectivity index (χ4n) is 2.42. The Bertz CT molecular complexity index is 252. The SMILES string of the molecule is CCC1CNCCC1(O)C(C)(C)C(=O)O. The molecule has 0 saturated carbocycles. The fourth-order valence-corrected chi connectivity index (χ4v) is 2.42. The van der Waals surface area contributed by atoms with E-state index in [1.165, 1.54) is 0 Å². The maximum Gasteiger partial charge on any atom is 0.312 e. The molecule has 1 aliphatic heterocycles. The highest BCUT2D eigenvalue weighted by molar-refractivity contribution is 5.75. The second-order valence-electron chi connectivity index (χ2n) is 4.91. The molecular formula is C11H21NO3. The van der Waals surface area contributed by atoms with Crippen LogP contribution in [0.15, 0.2) is 0 Å². The van der Waals surface area contributed by atoms with E-state index >= 15 is 0 Å². The van der Waals surface area contributed by atoms with Crippen LogP contribution in [0.4, 0.5) is 0 Å². The summed E-state index contributed by atoms with van der Waals surface area (Å²) in [5, 5.41) is 23.0. The van der Waals surface area contributed by atoms with Crippen LogP contribution in [0, 0.1) is 11.3 Å². The third-order valence-electron chi connectivity index (χ3n) is 3.86. The number of piperidine rings is 1. The van der Waals surface area contributed by atoms with Crippen molar-refractivity contribution in [2.45, 2.75) is 39.2 Å². The summed E-state index contributed by atoms with van der Waals surface area (Å²) >= 11 is 0. The van der Waals surface area contributed by atoms with E-state index in [0.29, 0.717) is 19.5 Å². The summed E-state index contributed by atoms with van der Waals surface area (Å²) in [6.07, 6.45) is 1.30. The monoisotopic (exact) mass is 215 g/mol. The smallest absolute Gasteiger partial charge is 0.312 e. The maximum absolute atomic E-state index is 11.2. The number of nitrogens with one attached hydrogen (secondary N) is 1. The molecule has 1 aliphatic rings. The Kier molecular flexibility index (Phi) is 3.41. The van der Waals surface area contributed by atoms with Gasteiger partial charge in [-0.25, -0.2) is 0 Å². The first-order valence-corrected chi connectivity index (χ1v) is 5.52. The van der Waals surface area contributed by atoms with Crippen molar-refractivity contribution in [2.75, 3.05) is 13.1 Å². The third kappa shape index (κ3) is 1.88. The molecule has 1 rings (SSSR count). The highest BCUT2D eigenvalue weighted by atomic mass is 16.4. The van der Waals surface area contributed by atoms with Crippen molar-refractivity contribution < 1.29 is 15.0 Å². The standard InChI is InChI=1S/C11H21NO3/c1-4-8-7-12-6-5-11(8,15)10(2,3)9(13)14/h8,12,15H,4-7H2,1-3H3,(H,13,14). The first-order chi connectivity index (χ1) is 6.86. The molecule has 0 aromatic heterocycles. The first-order valence-electron chi connectivity index (χ1n) is 5.52. The van der Waals surface area contributed by atoms with E-state index in [9.17, 15) is 15.0 Å². The lowest BCUT2D eigenvalue weighted by Gasteiger charge is -2.48. The van der Waals surface area contributed by atoms with Gasteiger partial charge in [-0.05, 0) is 33.2 Å². The van der Waals surface area contributed by atoms with Gasteiger partial charge in [-0.2, -0.15) is 0 Å². The Morgan fingerprint density at radius 1 is 1.60 bits per heavy atom. The van der Waals surface area contributed by atoms with Gasteiger partial charge in [-0.3, -0.25) is 4.79 Å². The van der Waals surface area contributed by atoms with Gasteiger partial charge in [0.2, 0.25) is 0 Å². The van der Waals surface area contributed by atoms with Crippen LogP contribution in [0.3, 0.4) is 0 Å². The summed E-state index contributed by atoms with van der Waals surface area (Å²) in [4.78, 5) is 11.2. The highest BCUT2D eigenvalue weighted by Gasteiger charge is 2.53. The number of hydrogen-bond donors (Lipinski definition) is 3. The summed E-state index contributed by atoms with van der Waals surface area (Å²) in [5.41, 5.74) is -2.19. The molecule has 0 aromatic rings. The Hall–Kier alpha value is -0.610. The fraction of sp³-hybridized carbons (Fsp3) is 0.909. The number of carbonyl (C=O) groups is 1. The summed E-state index contributed by atoms with van der Waals surface area (Å²) in [5.74, 6) is -0.914. The molecule has 15 heavy (non-hydrogen) atoms. The van der Waals surface area contributed by atoms with E-state index in [-0.39, 0.29) is 5.92 Å². The van der Waals surface area contributed by atoms with Crippen LogP contribution in [0.5, 0.6) is 0 Å². The average Bonchev–Trinajstić information content (AvgIpc) is 2.18. The van der Waals surface area contributed by atoms with Crippen molar-refractivity contribution in [2.24, 2.45) is 11.3 Å². The van der Waals surface area contributed by atoms with Crippen molar-refractivity contribution in [3.63, 3.8) is 0 Å². The highest BCUT2D eigenvalue weighted by Crippen LogP contribution is 2.42. The van der Waals surface area contributed by atoms with Gasteiger partial charge in [0.25, 0.3) is 0 Å². The minimum Gasteiger partial charge on any atom is -0.481 e. The maximum atomic E-state index is 11.2. The molecule has 2 atom stereocenters. The molecule has 88 valence electrons. The molecule has 1 fully saturated rings. The molecule has 3 N–H and O–H groups in total. The van der Waals surface area contributed by atoms with Crippen molar-refractivity contribution >= 4 is 5.97 Å². The van der Waals surface area contributed by atoms with Crippen LogP contribution < -0.4 is 5.32 Å². The van der Waals surface area contributed by atoms with Crippen LogP contribution >= 0.6 is 0 Å². The zero-order chi connectivity index (χ0) is 11.7. The van der Waals surface area contributed by atoms with E-state index in [1.807, 2.05) is 6.92 Å². The second-order valence-corrected chi connectivity index (χ2v) is 4.91. The van der Waals surface area contributed by atoms with E-state index in [0.717, 1.165) is 6.42 Å². The Balaban J connectivity index is 3.00. The van der Waals surface area contributed by atoms with Crippen LogP contribution in [0.1, 0.15) is 33.6 Å². The summed E-state index contributed by atoms with van der Waals surface area (Å²) in [7, 11) is 0. The van der Waals surface area contributed by atoms with Crippen molar-refractivity contribution in [3.05, 3.63) is 0 Å². The predicted molar refractivity (Wildman–Crippen MR) is 57.6 cm³/mol. The Morgan fingerprint density at radius 3 is 2.67 bits per heavy atom. The van der Waals surface area contributed by atoms with Crippen LogP contribution in [0.25, 0.3) is 0 Å². The Morgan fingerprint density at radius 2 is 2.20 bits per heavy atom. The number of hydrogen-bond acceptors (Lipinski definition) is 3. The normalized spacial score (nSPS) is 32.7. The van der Waals surface area contributed by atoms with Crippen LogP contribution in [-0.4, -0.2) is 34.9 Å². The predicted octanol–water partition coefficient (Wildman–Crippen LogP) is 0.848. The second kappa shape index (κ2) is 4.10. The molecule has 1 heterocycles. The molecule has 0 spiro atoms. The van der Waals surface area contributed by atoms with E-state index in [1.54, 1.807) is 13.8 Å². The molecule has 1 saturated heterocycles. The quantitative estimate of drug-likeness (QED) is 0.652. The van der Waals surface area contributed by atoms with Crippen molar-refractivity contribution in [1.29, 1.82) is 0 Å². The number of aliphatic carboxylic acids is 1. The van der Waals surface area contributed by atoms with E-state index in [2.05, 4.69) is 5.32 Å². The van der Waals surface area contributed by atoms with Gasteiger partial charge in [0.05, 0.1) is 11.0 Å². The lowest BCUT2D eigenvalue weighted by atomic mass is 9.64. The van der Waals surface area contributed by atoms with Gasteiger partial charge in [0.1, 0.15) is 0 Å². The minimum absolute atomic E-state index is 0.0114. The van der Waals surface area contributed by atoms with Gasteiger partial charge in [-0.15, -0.1) is 0 Å². The van der Waals surface area contributed by atoms with Crippen LogP contribution in [0.2, 0.25) is 0 Å². The van der Waals surface area contributed by atoms with Crippen molar-refractivity contribution in [1.82, 2.24) is 5.32 Å². The lowest BCUT2D eigenvalue weighted by Crippen LogP contribution is -2.60. The summed E-state index contributed by atoms with van der Waals surface area (Å²) in [6, 6.07) is 0. The molecule has 0 radical (unpaired) electrons. The summed E-state index contributed by atoms with van der Waals surface area (Å²) < 4.78 is 0. The van der Waals surface area contributed by atoms with Gasteiger partial charge in [0, 0.05) is 12.5 Å². The number of rotatable bonds is 3. The third-order valence-corrected chi connectivity index (χ3v) is 3.86. The minimum atomic E-state index is -1.10. The number of aliphatic hydroxyl groups is 1. The van der Waals surface area contributed by atoms with Gasteiger partial charge in [-0.1, -0.05) is 6.92 Å². The lowest BCUT2D eigenvalue weighted by molar-refractivity contribution is -0.178. The molecule has 4 heteroatoms. The van der Waals surface area contributed by atoms with Gasteiger partial charge < -0.3 is 15.5 Å². The zero-order valence-corrected chi connectivity index (χ0v) is 9.71. The zero-order valence-electron chi connectivity index (χ0n) is 9.71. The molecule has 2 unspecified atom stereocenters. The average molecular weight is 215 g/mol. The molecular weight excluding hydrogens is 194 g/mol. The van der Waals surface area contributed by atoms with Gasteiger partial charge >= 0.3 is 5.97 Å². The molecule has 0 aliphatic carbocycles. The molecule has 0 bridgehead atoms. The number of carboxylic acid groups (broad SMARTS) is 1. The molecule has 4 nitrogen and oxygen atoms in total. The molecule has 0 aromatic carbocycles. The van der Waals surface area contributed by atoms with Gasteiger partial charge in [0.15, 0.2) is 0 Å². The largest absolute Gasteiger partial charge is 0.481 e. The van der Waals surface area contributed by atoms with E-state index in [4.69, 9.17) is 0 Å².